The van der Waals surface area contributed by atoms with Gasteiger partial charge in [-0.25, -0.2) is 0 Å². The van der Waals surface area contributed by atoms with Gasteiger partial charge in [-0.05, 0) is 62.8 Å². The molecule has 4 heteroatoms. The molecule has 0 amide bonds. The fourth-order valence-corrected chi connectivity index (χ4v) is 6.53. The maximum atomic E-state index is 12.7. The second kappa shape index (κ2) is 5.56. The first-order valence-corrected chi connectivity index (χ1v) is 10.1. The summed E-state index contributed by atoms with van der Waals surface area (Å²) in [6.45, 7) is 3.28. The average Bonchev–Trinajstić information content (AvgIpc) is 3.47. The van der Waals surface area contributed by atoms with Gasteiger partial charge in [-0.1, -0.05) is 6.07 Å². The third kappa shape index (κ3) is 1.95. The summed E-state index contributed by atoms with van der Waals surface area (Å²) < 4.78 is 12.3. The van der Waals surface area contributed by atoms with Gasteiger partial charge >= 0.3 is 0 Å². The van der Waals surface area contributed by atoms with Crippen LogP contribution in [0.5, 0.6) is 5.75 Å². The van der Waals surface area contributed by atoms with E-state index in [4.69, 9.17) is 9.47 Å². The Labute approximate surface area is 155 Å². The molecule has 1 heterocycles. The van der Waals surface area contributed by atoms with Crippen molar-refractivity contribution in [1.82, 2.24) is 4.90 Å². The molecule has 140 valence electrons. The second-order valence-corrected chi connectivity index (χ2v) is 8.77. The number of likely N-dealkylation sites (tertiary alicyclic amines) is 1. The minimum atomic E-state index is -0.268. The number of fused-ring (bicyclic) bond motifs is 1. The lowest BCUT2D eigenvalue weighted by Crippen LogP contribution is -2.74. The third-order valence-corrected chi connectivity index (χ3v) is 7.80. The van der Waals surface area contributed by atoms with Crippen LogP contribution in [0.15, 0.2) is 12.1 Å². The normalized spacial score (nSPS) is 36.4. The minimum absolute atomic E-state index is 0.238. The Hall–Kier alpha value is -1.39. The van der Waals surface area contributed by atoms with Crippen molar-refractivity contribution < 1.29 is 14.3 Å². The Balaban J connectivity index is 1.79. The van der Waals surface area contributed by atoms with Crippen LogP contribution in [0.4, 0.5) is 0 Å². The molecule has 0 aromatic heterocycles. The highest BCUT2D eigenvalue weighted by Gasteiger charge is 2.67. The quantitative estimate of drug-likeness (QED) is 0.835. The number of methoxy groups -OCH3 is 2. The molecule has 26 heavy (non-hydrogen) atoms. The maximum absolute atomic E-state index is 12.7. The molecule has 1 saturated heterocycles. The van der Waals surface area contributed by atoms with Crippen LogP contribution in [0.2, 0.25) is 0 Å². The molecule has 1 aromatic carbocycles. The first kappa shape index (κ1) is 16.8. The molecule has 4 aliphatic rings. The van der Waals surface area contributed by atoms with Crippen LogP contribution >= 0.6 is 0 Å². The summed E-state index contributed by atoms with van der Waals surface area (Å²) in [5.74, 6) is 1.33. The molecule has 0 N–H and O–H groups in total. The van der Waals surface area contributed by atoms with Gasteiger partial charge < -0.3 is 9.47 Å². The summed E-state index contributed by atoms with van der Waals surface area (Å²) in [6, 6.07) is 5.36. The van der Waals surface area contributed by atoms with Crippen molar-refractivity contribution in [1.29, 1.82) is 0 Å². The van der Waals surface area contributed by atoms with Crippen LogP contribution < -0.4 is 4.74 Å². The predicted molar refractivity (Wildman–Crippen MR) is 99.8 cm³/mol. The Kier molecular flexibility index (Phi) is 3.58. The fourth-order valence-electron chi connectivity index (χ4n) is 6.53. The monoisotopic (exact) mass is 355 g/mol. The highest BCUT2D eigenvalue weighted by Crippen LogP contribution is 2.62. The number of aryl methyl sites for hydroxylation is 1. The Morgan fingerprint density at radius 2 is 2.00 bits per heavy atom. The molecule has 0 spiro atoms. The van der Waals surface area contributed by atoms with Gasteiger partial charge in [0.25, 0.3) is 0 Å². The van der Waals surface area contributed by atoms with E-state index < -0.39 is 0 Å². The Morgan fingerprint density at radius 1 is 1.19 bits per heavy atom. The molecule has 3 atom stereocenters. The zero-order valence-corrected chi connectivity index (χ0v) is 16.1. The van der Waals surface area contributed by atoms with Crippen molar-refractivity contribution in [2.75, 3.05) is 20.8 Å². The molecule has 3 fully saturated rings. The molecule has 4 nitrogen and oxygen atoms in total. The number of nitrogens with zero attached hydrogens (tertiary/aromatic N) is 1. The van der Waals surface area contributed by atoms with Gasteiger partial charge in [0.1, 0.15) is 11.5 Å². The van der Waals surface area contributed by atoms with Crippen LogP contribution in [-0.2, 0) is 21.4 Å². The molecule has 0 unspecified atom stereocenters. The summed E-state index contributed by atoms with van der Waals surface area (Å²) in [5.41, 5.74) is 3.50. The number of Topliss-reactive ketones (excluding diaryl/α,β-unsaturated/α-hetero) is 1. The predicted octanol–water partition coefficient (Wildman–Crippen LogP) is 3.17. The number of ketones is 1. The van der Waals surface area contributed by atoms with Crippen molar-refractivity contribution in [2.24, 2.45) is 0 Å². The number of carbonyl (C=O) groups is 1. The minimum Gasteiger partial charge on any atom is -0.496 e. The van der Waals surface area contributed by atoms with E-state index in [-0.39, 0.29) is 11.0 Å². The maximum Gasteiger partial charge on any atom is 0.134 e. The van der Waals surface area contributed by atoms with Crippen LogP contribution in [0.1, 0.15) is 55.2 Å². The van der Waals surface area contributed by atoms with Crippen molar-refractivity contribution in [3.05, 3.63) is 28.8 Å². The van der Waals surface area contributed by atoms with E-state index in [9.17, 15) is 4.79 Å². The number of hydrogen-bond donors (Lipinski definition) is 0. The first-order chi connectivity index (χ1) is 12.6. The molecule has 2 bridgehead atoms. The van der Waals surface area contributed by atoms with Gasteiger partial charge in [0.05, 0.1) is 12.7 Å². The number of hydrogen-bond acceptors (Lipinski definition) is 4. The largest absolute Gasteiger partial charge is 0.496 e. The number of rotatable bonds is 3. The summed E-state index contributed by atoms with van der Waals surface area (Å²) >= 11 is 0. The molecule has 1 aliphatic heterocycles. The van der Waals surface area contributed by atoms with E-state index in [1.165, 1.54) is 29.5 Å². The lowest BCUT2D eigenvalue weighted by molar-refractivity contribution is -0.189. The molecule has 0 radical (unpaired) electrons. The van der Waals surface area contributed by atoms with Gasteiger partial charge in [-0.3, -0.25) is 9.69 Å². The number of piperidine rings is 1. The Morgan fingerprint density at radius 3 is 2.69 bits per heavy atom. The number of benzene rings is 1. The van der Waals surface area contributed by atoms with Gasteiger partial charge in [-0.2, -0.15) is 0 Å². The van der Waals surface area contributed by atoms with E-state index >= 15 is 0 Å². The van der Waals surface area contributed by atoms with Crippen LogP contribution in [0.3, 0.4) is 0 Å². The summed E-state index contributed by atoms with van der Waals surface area (Å²) in [6.07, 6.45) is 6.72. The number of carbonyl (C=O) groups excluding carboxylic acids is 1. The lowest BCUT2D eigenvalue weighted by Gasteiger charge is -2.65. The highest BCUT2D eigenvalue weighted by atomic mass is 16.5. The topological polar surface area (TPSA) is 38.8 Å². The smallest absolute Gasteiger partial charge is 0.134 e. The van der Waals surface area contributed by atoms with Gasteiger partial charge in [0, 0.05) is 43.0 Å². The Bertz CT molecular complexity index is 771. The first-order valence-electron chi connectivity index (χ1n) is 10.1. The zero-order valence-electron chi connectivity index (χ0n) is 16.1. The molecular weight excluding hydrogens is 326 g/mol. The molecule has 1 aromatic rings. The highest BCUT2D eigenvalue weighted by molar-refractivity contribution is 5.83. The van der Waals surface area contributed by atoms with Gasteiger partial charge in [0.2, 0.25) is 0 Å². The molecule has 5 rings (SSSR count). The van der Waals surface area contributed by atoms with E-state index in [2.05, 4.69) is 24.0 Å². The molecule has 3 aliphatic carbocycles. The van der Waals surface area contributed by atoms with Gasteiger partial charge in [0.15, 0.2) is 0 Å². The number of ether oxygens (including phenoxy) is 2. The fraction of sp³-hybridized carbons (Fsp3) is 0.682. The van der Waals surface area contributed by atoms with Crippen molar-refractivity contribution >= 4 is 5.78 Å². The van der Waals surface area contributed by atoms with Crippen LogP contribution in [-0.4, -0.2) is 49.1 Å². The average molecular weight is 355 g/mol. The van der Waals surface area contributed by atoms with E-state index in [1.807, 2.05) is 7.11 Å². The molecular formula is C22H29NO3. The van der Waals surface area contributed by atoms with E-state index in [1.54, 1.807) is 7.11 Å². The van der Waals surface area contributed by atoms with Crippen molar-refractivity contribution in [2.45, 2.75) is 75.0 Å². The van der Waals surface area contributed by atoms with Gasteiger partial charge in [-0.15, -0.1) is 0 Å². The van der Waals surface area contributed by atoms with Crippen LogP contribution in [0, 0.1) is 6.92 Å². The summed E-state index contributed by atoms with van der Waals surface area (Å²) in [7, 11) is 3.63. The van der Waals surface area contributed by atoms with E-state index in [0.29, 0.717) is 24.7 Å². The summed E-state index contributed by atoms with van der Waals surface area (Å²) in [4.78, 5) is 15.4. The second-order valence-electron chi connectivity index (χ2n) is 8.77. The standard InChI is InChI=1S/C22H29NO3/c1-14-4-7-18(25-2)20-17(14)12-19-22(26-3)9-8-16(24)13-21(20,22)10-11-23(19)15-5-6-15/h4,7,15,19H,5-6,8-13H2,1-3H3/t19-,21-,22-/m1/s1. The van der Waals surface area contributed by atoms with Crippen molar-refractivity contribution in [3.8, 4) is 5.75 Å². The SMILES string of the molecule is COc1ccc(C)c2c1[C@]13CCN(C4CC4)[C@H](C2)[C@]1(OC)CCC(=O)C3. The zero-order chi connectivity index (χ0) is 18.1. The van der Waals surface area contributed by atoms with Crippen molar-refractivity contribution in [3.63, 3.8) is 0 Å². The summed E-state index contributed by atoms with van der Waals surface area (Å²) in [5, 5.41) is 0. The van der Waals surface area contributed by atoms with Crippen LogP contribution in [0.25, 0.3) is 0 Å². The van der Waals surface area contributed by atoms with E-state index in [0.717, 1.165) is 37.6 Å². The third-order valence-electron chi connectivity index (χ3n) is 7.80. The molecule has 2 saturated carbocycles. The lowest BCUT2D eigenvalue weighted by atomic mass is 9.48.